The monoisotopic (exact) mass is 230 g/mol. The molecular formula is C14H18N2O. The topological polar surface area (TPSA) is 36.3 Å². The lowest BCUT2D eigenvalue weighted by molar-refractivity contribution is 0.0138. The minimum atomic E-state index is 0.462. The molecule has 1 fully saturated rings. The molecule has 0 spiro atoms. The Morgan fingerprint density at radius 1 is 1.35 bits per heavy atom. The number of ether oxygens (including phenoxy) is 1. The lowest BCUT2D eigenvalue weighted by Crippen LogP contribution is -2.44. The van der Waals surface area contributed by atoms with Gasteiger partial charge < -0.3 is 9.64 Å². The second-order valence-corrected chi connectivity index (χ2v) is 5.04. The van der Waals surface area contributed by atoms with Crippen LogP contribution in [-0.4, -0.2) is 30.0 Å². The maximum Gasteiger partial charge on any atom is 0.128 e. The number of rotatable bonds is 1. The molecule has 2 aliphatic rings. The number of benzene rings is 1. The SMILES string of the molecule is CC1COCCC1N1Cc2ccccc2C1=N. The van der Waals surface area contributed by atoms with E-state index in [4.69, 9.17) is 10.1 Å². The normalized spacial score (nSPS) is 28.3. The molecule has 2 heterocycles. The predicted octanol–water partition coefficient (Wildman–Crippen LogP) is 2.25. The zero-order chi connectivity index (χ0) is 11.8. The summed E-state index contributed by atoms with van der Waals surface area (Å²) in [6.07, 6.45) is 1.04. The molecule has 0 aromatic heterocycles. The molecule has 3 nitrogen and oxygen atoms in total. The highest BCUT2D eigenvalue weighted by Gasteiger charge is 2.34. The van der Waals surface area contributed by atoms with E-state index < -0.39 is 0 Å². The van der Waals surface area contributed by atoms with Crippen LogP contribution in [0.3, 0.4) is 0 Å². The average molecular weight is 230 g/mol. The van der Waals surface area contributed by atoms with E-state index in [1.165, 1.54) is 5.56 Å². The van der Waals surface area contributed by atoms with Crippen molar-refractivity contribution in [2.24, 2.45) is 5.92 Å². The molecule has 2 aliphatic heterocycles. The summed E-state index contributed by atoms with van der Waals surface area (Å²) in [5.74, 6) is 1.21. The first-order valence-corrected chi connectivity index (χ1v) is 6.28. The van der Waals surface area contributed by atoms with Crippen molar-refractivity contribution in [3.05, 3.63) is 35.4 Å². The standard InChI is InChI=1S/C14H18N2O/c1-10-9-17-7-6-13(10)16-8-11-4-2-3-5-12(11)14(16)15/h2-5,10,13,15H,6-9H2,1H3. The molecule has 0 bridgehead atoms. The maximum atomic E-state index is 8.30. The first-order valence-electron chi connectivity index (χ1n) is 6.28. The van der Waals surface area contributed by atoms with Gasteiger partial charge in [0.2, 0.25) is 0 Å². The summed E-state index contributed by atoms with van der Waals surface area (Å²) >= 11 is 0. The number of nitrogens with one attached hydrogen (secondary N) is 1. The van der Waals surface area contributed by atoms with Crippen molar-refractivity contribution in [2.75, 3.05) is 13.2 Å². The van der Waals surface area contributed by atoms with Crippen molar-refractivity contribution in [1.29, 1.82) is 5.41 Å². The Labute approximate surface area is 102 Å². The van der Waals surface area contributed by atoms with Gasteiger partial charge in [-0.2, -0.15) is 0 Å². The van der Waals surface area contributed by atoms with E-state index in [-0.39, 0.29) is 0 Å². The lowest BCUT2D eigenvalue weighted by atomic mass is 9.96. The molecule has 90 valence electrons. The number of amidine groups is 1. The van der Waals surface area contributed by atoms with Crippen molar-refractivity contribution >= 4 is 5.84 Å². The van der Waals surface area contributed by atoms with E-state index >= 15 is 0 Å². The van der Waals surface area contributed by atoms with Gasteiger partial charge in [-0.15, -0.1) is 0 Å². The van der Waals surface area contributed by atoms with Crippen molar-refractivity contribution in [3.8, 4) is 0 Å². The Bertz CT molecular complexity index is 444. The Morgan fingerprint density at radius 2 is 2.18 bits per heavy atom. The smallest absolute Gasteiger partial charge is 0.128 e. The fourth-order valence-electron chi connectivity index (χ4n) is 2.92. The van der Waals surface area contributed by atoms with E-state index in [0.29, 0.717) is 17.8 Å². The molecule has 1 aromatic carbocycles. The first-order chi connectivity index (χ1) is 8.27. The highest BCUT2D eigenvalue weighted by Crippen LogP contribution is 2.29. The fraction of sp³-hybridized carbons (Fsp3) is 0.500. The van der Waals surface area contributed by atoms with Gasteiger partial charge in [0.1, 0.15) is 5.84 Å². The van der Waals surface area contributed by atoms with Crippen molar-refractivity contribution in [3.63, 3.8) is 0 Å². The van der Waals surface area contributed by atoms with Crippen molar-refractivity contribution < 1.29 is 4.74 Å². The summed E-state index contributed by atoms with van der Waals surface area (Å²) in [5, 5.41) is 8.30. The van der Waals surface area contributed by atoms with Crippen molar-refractivity contribution in [1.82, 2.24) is 4.90 Å². The van der Waals surface area contributed by atoms with Gasteiger partial charge in [-0.25, -0.2) is 0 Å². The summed E-state index contributed by atoms with van der Waals surface area (Å²) in [4.78, 5) is 2.25. The number of hydrogen-bond donors (Lipinski definition) is 1. The average Bonchev–Trinajstić information content (AvgIpc) is 2.68. The third-order valence-electron chi connectivity index (χ3n) is 3.90. The van der Waals surface area contributed by atoms with Crippen LogP contribution in [-0.2, 0) is 11.3 Å². The van der Waals surface area contributed by atoms with Crippen LogP contribution in [0.5, 0.6) is 0 Å². The molecular weight excluding hydrogens is 212 g/mol. The van der Waals surface area contributed by atoms with Gasteiger partial charge in [0, 0.05) is 24.8 Å². The molecule has 1 saturated heterocycles. The molecule has 0 amide bonds. The Morgan fingerprint density at radius 3 is 2.94 bits per heavy atom. The van der Waals surface area contributed by atoms with Crippen LogP contribution in [0.2, 0.25) is 0 Å². The van der Waals surface area contributed by atoms with E-state index in [9.17, 15) is 0 Å². The van der Waals surface area contributed by atoms with Gasteiger partial charge in [0.05, 0.1) is 6.61 Å². The molecule has 17 heavy (non-hydrogen) atoms. The van der Waals surface area contributed by atoms with Crippen LogP contribution < -0.4 is 0 Å². The molecule has 1 N–H and O–H groups in total. The summed E-state index contributed by atoms with van der Waals surface area (Å²) in [6.45, 7) is 4.77. The summed E-state index contributed by atoms with van der Waals surface area (Å²) in [6, 6.07) is 8.73. The molecule has 0 saturated carbocycles. The zero-order valence-electron chi connectivity index (χ0n) is 10.1. The molecule has 2 atom stereocenters. The highest BCUT2D eigenvalue weighted by atomic mass is 16.5. The second-order valence-electron chi connectivity index (χ2n) is 5.04. The van der Waals surface area contributed by atoms with Gasteiger partial charge in [0.25, 0.3) is 0 Å². The van der Waals surface area contributed by atoms with E-state index in [1.807, 2.05) is 6.07 Å². The quantitative estimate of drug-likeness (QED) is 0.803. The Balaban J connectivity index is 1.86. The molecule has 0 radical (unpaired) electrons. The lowest BCUT2D eigenvalue weighted by Gasteiger charge is -2.37. The Hall–Kier alpha value is -1.35. The summed E-state index contributed by atoms with van der Waals surface area (Å²) in [7, 11) is 0. The predicted molar refractivity (Wildman–Crippen MR) is 67.2 cm³/mol. The van der Waals surface area contributed by atoms with E-state index in [1.54, 1.807) is 0 Å². The largest absolute Gasteiger partial charge is 0.381 e. The Kier molecular flexibility index (Phi) is 2.63. The van der Waals surface area contributed by atoms with Crippen LogP contribution >= 0.6 is 0 Å². The molecule has 1 aromatic rings. The van der Waals surface area contributed by atoms with Crippen LogP contribution in [0.25, 0.3) is 0 Å². The first kappa shape index (κ1) is 10.8. The minimum Gasteiger partial charge on any atom is -0.381 e. The van der Waals surface area contributed by atoms with Crippen molar-refractivity contribution in [2.45, 2.75) is 25.9 Å². The van der Waals surface area contributed by atoms with Gasteiger partial charge in [0.15, 0.2) is 0 Å². The zero-order valence-corrected chi connectivity index (χ0v) is 10.1. The number of fused-ring (bicyclic) bond motifs is 1. The fourth-order valence-corrected chi connectivity index (χ4v) is 2.92. The van der Waals surface area contributed by atoms with Gasteiger partial charge in [-0.3, -0.25) is 5.41 Å². The van der Waals surface area contributed by atoms with E-state index in [2.05, 4.69) is 30.0 Å². The summed E-state index contributed by atoms with van der Waals surface area (Å²) < 4.78 is 5.49. The minimum absolute atomic E-state index is 0.462. The van der Waals surface area contributed by atoms with Gasteiger partial charge in [-0.1, -0.05) is 31.2 Å². The van der Waals surface area contributed by atoms with Crippen LogP contribution in [0.1, 0.15) is 24.5 Å². The van der Waals surface area contributed by atoms with Gasteiger partial charge in [-0.05, 0) is 17.9 Å². The van der Waals surface area contributed by atoms with E-state index in [0.717, 1.165) is 31.7 Å². The molecule has 3 rings (SSSR count). The van der Waals surface area contributed by atoms with Crippen LogP contribution in [0, 0.1) is 11.3 Å². The maximum absolute atomic E-state index is 8.30. The third-order valence-corrected chi connectivity index (χ3v) is 3.90. The van der Waals surface area contributed by atoms with Crippen LogP contribution in [0.4, 0.5) is 0 Å². The number of hydrogen-bond acceptors (Lipinski definition) is 2. The summed E-state index contributed by atoms with van der Waals surface area (Å²) in [5.41, 5.74) is 2.39. The third kappa shape index (κ3) is 1.75. The molecule has 3 heteroatoms. The van der Waals surface area contributed by atoms with Crippen LogP contribution in [0.15, 0.2) is 24.3 Å². The second kappa shape index (κ2) is 4.15. The molecule has 2 unspecified atom stereocenters. The number of nitrogens with zero attached hydrogens (tertiary/aromatic N) is 1. The van der Waals surface area contributed by atoms with Gasteiger partial charge >= 0.3 is 0 Å². The highest BCUT2D eigenvalue weighted by molar-refractivity contribution is 6.00. The molecule has 0 aliphatic carbocycles.